The average Bonchev–Trinajstić information content (AvgIpc) is 3.51. The van der Waals surface area contributed by atoms with Crippen molar-refractivity contribution in [1.29, 1.82) is 0 Å². The van der Waals surface area contributed by atoms with E-state index < -0.39 is 17.7 Å². The molecule has 0 radical (unpaired) electrons. The number of benzene rings is 3. The topological polar surface area (TPSA) is 92.6 Å². The Morgan fingerprint density at radius 1 is 1.08 bits per heavy atom. The molecule has 0 aliphatic carbocycles. The fourth-order valence-corrected chi connectivity index (χ4v) is 6.56. The van der Waals surface area contributed by atoms with Crippen LogP contribution < -0.4 is 9.64 Å². The molecule has 3 aromatic carbocycles. The summed E-state index contributed by atoms with van der Waals surface area (Å²) in [6.07, 6.45) is 0. The van der Waals surface area contributed by atoms with E-state index in [0.717, 1.165) is 16.7 Å². The number of carbonyl (C=O) groups excluding carboxylic acids is 2. The third kappa shape index (κ3) is 5.30. The number of halogens is 1. The van der Waals surface area contributed by atoms with Crippen molar-refractivity contribution in [3.8, 4) is 5.75 Å². The number of methoxy groups -OCH3 is 1. The maximum atomic E-state index is 13.5. The minimum absolute atomic E-state index is 0.0116. The number of ether oxygens (including phenoxy) is 1. The predicted molar refractivity (Wildman–Crippen MR) is 155 cm³/mol. The number of aliphatic hydroxyl groups excluding tert-OH is 1. The smallest absolute Gasteiger partial charge is 0.301 e. The summed E-state index contributed by atoms with van der Waals surface area (Å²) in [5.74, 6) is -0.685. The zero-order valence-electron chi connectivity index (χ0n) is 21.3. The molecule has 0 saturated carbocycles. The lowest BCUT2D eigenvalue weighted by Crippen LogP contribution is -2.29. The summed E-state index contributed by atoms with van der Waals surface area (Å²) in [5, 5.41) is 20.9. The molecule has 7 nitrogen and oxygen atoms in total. The standard InChI is InChI=1S/C29H24ClN3O4S2/c1-16-11-12-17(2)21(13-16)25(34)23-24(18-8-6-9-20(14-18)37-3)33(27(36)26(23)35)28-31-32-29(39-28)38-15-19-7-4-5-10-22(19)30/h4-14,24,34H,15H2,1-3H3/b25-23+. The molecule has 1 fully saturated rings. The predicted octanol–water partition coefficient (Wildman–Crippen LogP) is 6.74. The Bertz CT molecular complexity index is 1620. The van der Waals surface area contributed by atoms with Gasteiger partial charge in [-0.25, -0.2) is 0 Å². The number of ketones is 1. The first-order valence-electron chi connectivity index (χ1n) is 12.0. The summed E-state index contributed by atoms with van der Waals surface area (Å²) in [4.78, 5) is 28.3. The number of aliphatic hydroxyl groups is 1. The first-order valence-corrected chi connectivity index (χ1v) is 14.2. The SMILES string of the molecule is COc1cccc(C2/C(=C(\O)c3cc(C)ccc3C)C(=O)C(=O)N2c2nnc(SCc3ccccc3Cl)s2)c1. The highest BCUT2D eigenvalue weighted by molar-refractivity contribution is 8.00. The second-order valence-corrected chi connectivity index (χ2v) is 11.6. The summed E-state index contributed by atoms with van der Waals surface area (Å²) in [7, 11) is 1.54. The maximum absolute atomic E-state index is 13.5. The van der Waals surface area contributed by atoms with E-state index in [1.165, 1.54) is 28.0 Å². The number of thioether (sulfide) groups is 1. The van der Waals surface area contributed by atoms with Gasteiger partial charge in [-0.3, -0.25) is 14.5 Å². The Morgan fingerprint density at radius 2 is 1.87 bits per heavy atom. The molecule has 1 aromatic heterocycles. The number of aryl methyl sites for hydroxylation is 2. The van der Waals surface area contributed by atoms with Crippen LogP contribution >= 0.6 is 34.7 Å². The Hall–Kier alpha value is -3.66. The number of hydrogen-bond acceptors (Lipinski definition) is 8. The van der Waals surface area contributed by atoms with Gasteiger partial charge in [0.15, 0.2) is 4.34 Å². The lowest BCUT2D eigenvalue weighted by Gasteiger charge is -2.23. The average molecular weight is 578 g/mol. The molecule has 2 heterocycles. The minimum Gasteiger partial charge on any atom is -0.507 e. The van der Waals surface area contributed by atoms with Gasteiger partial charge >= 0.3 is 5.91 Å². The highest BCUT2D eigenvalue weighted by Gasteiger charge is 2.48. The van der Waals surface area contributed by atoms with E-state index in [0.29, 0.717) is 32.0 Å². The monoisotopic (exact) mass is 577 g/mol. The van der Waals surface area contributed by atoms with Crippen LogP contribution in [-0.4, -0.2) is 34.1 Å². The third-order valence-corrected chi connectivity index (χ3v) is 8.89. The van der Waals surface area contributed by atoms with Crippen LogP contribution in [0.3, 0.4) is 0 Å². The molecule has 1 aliphatic rings. The van der Waals surface area contributed by atoms with Gasteiger partial charge in [0.05, 0.1) is 18.7 Å². The molecular formula is C29H24ClN3O4S2. The fourth-order valence-electron chi connectivity index (χ4n) is 4.41. The van der Waals surface area contributed by atoms with Gasteiger partial charge in [-0.1, -0.05) is 82.7 Å². The molecule has 1 N–H and O–H groups in total. The Balaban J connectivity index is 1.59. The lowest BCUT2D eigenvalue weighted by molar-refractivity contribution is -0.132. The first-order chi connectivity index (χ1) is 18.8. The number of aromatic nitrogens is 2. The fraction of sp³-hybridized carbons (Fsp3) is 0.172. The van der Waals surface area contributed by atoms with E-state index >= 15 is 0 Å². The number of rotatable bonds is 7. The molecule has 198 valence electrons. The lowest BCUT2D eigenvalue weighted by atomic mass is 9.93. The van der Waals surface area contributed by atoms with Crippen LogP contribution in [0.2, 0.25) is 5.02 Å². The number of anilines is 1. The summed E-state index contributed by atoms with van der Waals surface area (Å²) in [6, 6.07) is 19.3. The van der Waals surface area contributed by atoms with E-state index in [-0.39, 0.29) is 16.5 Å². The zero-order valence-corrected chi connectivity index (χ0v) is 23.7. The van der Waals surface area contributed by atoms with E-state index in [1.54, 1.807) is 37.4 Å². The molecule has 5 rings (SSSR count). The van der Waals surface area contributed by atoms with Gasteiger partial charge in [0.1, 0.15) is 11.5 Å². The highest BCUT2D eigenvalue weighted by atomic mass is 35.5. The normalized spacial score (nSPS) is 16.6. The van der Waals surface area contributed by atoms with Gasteiger partial charge in [-0.05, 0) is 54.8 Å². The van der Waals surface area contributed by atoms with Crippen LogP contribution in [0.4, 0.5) is 5.13 Å². The Kier molecular flexibility index (Phi) is 7.74. The van der Waals surface area contributed by atoms with Crippen molar-refractivity contribution in [3.05, 3.63) is 105 Å². The summed E-state index contributed by atoms with van der Waals surface area (Å²) < 4.78 is 6.02. The summed E-state index contributed by atoms with van der Waals surface area (Å²) in [5.41, 5.74) is 3.73. The number of Topliss-reactive ketones (excluding diaryl/α,β-unsaturated/α-hetero) is 1. The number of hydrogen-bond donors (Lipinski definition) is 1. The van der Waals surface area contributed by atoms with E-state index in [1.807, 2.05) is 50.2 Å². The third-order valence-electron chi connectivity index (χ3n) is 6.41. The van der Waals surface area contributed by atoms with Crippen LogP contribution in [-0.2, 0) is 15.3 Å². The molecule has 1 unspecified atom stereocenters. The number of carbonyl (C=O) groups is 2. The van der Waals surface area contributed by atoms with Crippen molar-refractivity contribution in [3.63, 3.8) is 0 Å². The molecule has 1 atom stereocenters. The van der Waals surface area contributed by atoms with Crippen molar-refractivity contribution in [2.24, 2.45) is 0 Å². The molecule has 4 aromatic rings. The van der Waals surface area contributed by atoms with Crippen molar-refractivity contribution < 1.29 is 19.4 Å². The molecule has 1 amide bonds. The van der Waals surface area contributed by atoms with Gasteiger partial charge in [-0.2, -0.15) is 0 Å². The van der Waals surface area contributed by atoms with Crippen LogP contribution in [0.15, 0.2) is 76.6 Å². The van der Waals surface area contributed by atoms with E-state index in [4.69, 9.17) is 16.3 Å². The molecule has 1 aliphatic heterocycles. The zero-order chi connectivity index (χ0) is 27.7. The molecule has 0 spiro atoms. The maximum Gasteiger partial charge on any atom is 0.301 e. The van der Waals surface area contributed by atoms with Crippen LogP contribution in [0.1, 0.15) is 33.9 Å². The Labute approximate surface area is 239 Å². The second-order valence-electron chi connectivity index (χ2n) is 8.99. The summed E-state index contributed by atoms with van der Waals surface area (Å²) in [6.45, 7) is 3.75. The number of amides is 1. The van der Waals surface area contributed by atoms with Crippen molar-refractivity contribution in [2.75, 3.05) is 12.0 Å². The molecule has 0 bridgehead atoms. The largest absolute Gasteiger partial charge is 0.507 e. The second kappa shape index (κ2) is 11.2. The van der Waals surface area contributed by atoms with E-state index in [2.05, 4.69) is 10.2 Å². The van der Waals surface area contributed by atoms with Crippen LogP contribution in [0, 0.1) is 13.8 Å². The highest BCUT2D eigenvalue weighted by Crippen LogP contribution is 2.45. The van der Waals surface area contributed by atoms with Gasteiger partial charge in [-0.15, -0.1) is 10.2 Å². The van der Waals surface area contributed by atoms with Gasteiger partial charge < -0.3 is 9.84 Å². The Morgan fingerprint density at radius 3 is 2.64 bits per heavy atom. The van der Waals surface area contributed by atoms with Gasteiger partial charge in [0.25, 0.3) is 5.78 Å². The van der Waals surface area contributed by atoms with Gasteiger partial charge in [0.2, 0.25) is 5.13 Å². The molecule has 10 heteroatoms. The van der Waals surface area contributed by atoms with E-state index in [9.17, 15) is 14.7 Å². The molecule has 39 heavy (non-hydrogen) atoms. The molecule has 1 saturated heterocycles. The van der Waals surface area contributed by atoms with Crippen molar-refractivity contribution >= 4 is 57.3 Å². The van der Waals surface area contributed by atoms with Crippen molar-refractivity contribution in [2.45, 2.75) is 30.0 Å². The van der Waals surface area contributed by atoms with Crippen LogP contribution in [0.25, 0.3) is 5.76 Å². The minimum atomic E-state index is -0.922. The summed E-state index contributed by atoms with van der Waals surface area (Å²) >= 11 is 8.92. The van der Waals surface area contributed by atoms with Crippen molar-refractivity contribution in [1.82, 2.24) is 10.2 Å². The van der Waals surface area contributed by atoms with Crippen LogP contribution in [0.5, 0.6) is 5.75 Å². The quantitative estimate of drug-likeness (QED) is 0.0855. The molecular weight excluding hydrogens is 554 g/mol. The number of nitrogens with zero attached hydrogens (tertiary/aromatic N) is 3. The first kappa shape index (κ1) is 26.9. The van der Waals surface area contributed by atoms with Gasteiger partial charge in [0, 0.05) is 16.3 Å².